The molecule has 1 N–H and O–H groups in total. The van der Waals surface area contributed by atoms with E-state index in [4.69, 9.17) is 4.42 Å². The van der Waals surface area contributed by atoms with Crippen LogP contribution in [0.5, 0.6) is 0 Å². The van der Waals surface area contributed by atoms with Crippen LogP contribution in [0.15, 0.2) is 41.3 Å². The Kier molecular flexibility index (Phi) is 3.25. The predicted octanol–water partition coefficient (Wildman–Crippen LogP) is 2.85. The second kappa shape index (κ2) is 5.05. The number of rotatable bonds is 3. The van der Waals surface area contributed by atoms with Gasteiger partial charge >= 0.3 is 0 Å². The number of nitrogens with one attached hydrogen (secondary N) is 1. The highest BCUT2D eigenvalue weighted by Gasteiger charge is 2.25. The SMILES string of the molecule is CC1CC(Nc2cccc(-c3cnco3)c2)CN1C. The Labute approximate surface area is 113 Å². The van der Waals surface area contributed by atoms with Crippen molar-refractivity contribution < 1.29 is 4.42 Å². The van der Waals surface area contributed by atoms with Gasteiger partial charge in [-0.3, -0.25) is 0 Å². The number of anilines is 1. The third kappa shape index (κ3) is 2.63. The Morgan fingerprint density at radius 3 is 3.00 bits per heavy atom. The first-order valence-electron chi connectivity index (χ1n) is 6.68. The lowest BCUT2D eigenvalue weighted by Gasteiger charge is -2.14. The molecule has 1 fully saturated rings. The Hall–Kier alpha value is -1.81. The zero-order valence-electron chi connectivity index (χ0n) is 11.3. The molecule has 0 spiro atoms. The maximum Gasteiger partial charge on any atom is 0.181 e. The van der Waals surface area contributed by atoms with Gasteiger partial charge in [0.05, 0.1) is 6.20 Å². The van der Waals surface area contributed by atoms with Crippen LogP contribution >= 0.6 is 0 Å². The molecule has 2 heterocycles. The Morgan fingerprint density at radius 1 is 1.42 bits per heavy atom. The van der Waals surface area contributed by atoms with Crippen molar-refractivity contribution in [1.29, 1.82) is 0 Å². The van der Waals surface area contributed by atoms with Gasteiger partial charge in [0.15, 0.2) is 12.2 Å². The van der Waals surface area contributed by atoms with E-state index in [9.17, 15) is 0 Å². The molecule has 0 radical (unpaired) electrons. The molecule has 0 bridgehead atoms. The highest BCUT2D eigenvalue weighted by Crippen LogP contribution is 2.24. The number of benzene rings is 1. The van der Waals surface area contributed by atoms with Crippen LogP contribution in [-0.4, -0.2) is 35.6 Å². The number of likely N-dealkylation sites (tertiary alicyclic amines) is 1. The van der Waals surface area contributed by atoms with Crippen LogP contribution < -0.4 is 5.32 Å². The van der Waals surface area contributed by atoms with Gasteiger partial charge in [0.2, 0.25) is 0 Å². The largest absolute Gasteiger partial charge is 0.444 e. The van der Waals surface area contributed by atoms with Crippen molar-refractivity contribution in [2.75, 3.05) is 18.9 Å². The van der Waals surface area contributed by atoms with Gasteiger partial charge in [-0.05, 0) is 32.5 Å². The van der Waals surface area contributed by atoms with E-state index in [0.717, 1.165) is 23.6 Å². The number of likely N-dealkylation sites (N-methyl/N-ethyl adjacent to an activating group) is 1. The third-order valence-electron chi connectivity index (χ3n) is 3.84. The van der Waals surface area contributed by atoms with E-state index in [0.29, 0.717) is 12.1 Å². The smallest absolute Gasteiger partial charge is 0.181 e. The fraction of sp³-hybridized carbons (Fsp3) is 0.400. The van der Waals surface area contributed by atoms with E-state index in [1.807, 2.05) is 12.1 Å². The molecule has 2 atom stereocenters. The summed E-state index contributed by atoms with van der Waals surface area (Å²) in [7, 11) is 2.18. The molecule has 3 rings (SSSR count). The summed E-state index contributed by atoms with van der Waals surface area (Å²) >= 11 is 0. The van der Waals surface area contributed by atoms with Crippen LogP contribution in [-0.2, 0) is 0 Å². The molecule has 19 heavy (non-hydrogen) atoms. The van der Waals surface area contributed by atoms with Crippen molar-refractivity contribution in [1.82, 2.24) is 9.88 Å². The van der Waals surface area contributed by atoms with Crippen molar-refractivity contribution in [2.24, 2.45) is 0 Å². The van der Waals surface area contributed by atoms with Gasteiger partial charge in [-0.1, -0.05) is 12.1 Å². The second-order valence-electron chi connectivity index (χ2n) is 5.31. The van der Waals surface area contributed by atoms with E-state index >= 15 is 0 Å². The van der Waals surface area contributed by atoms with Crippen LogP contribution in [0, 0.1) is 0 Å². The monoisotopic (exact) mass is 257 g/mol. The molecule has 0 aliphatic carbocycles. The minimum atomic E-state index is 0.518. The van der Waals surface area contributed by atoms with Crippen molar-refractivity contribution in [2.45, 2.75) is 25.4 Å². The molecule has 1 aliphatic rings. The quantitative estimate of drug-likeness (QED) is 0.918. The average Bonchev–Trinajstić information content (AvgIpc) is 3.01. The maximum absolute atomic E-state index is 5.33. The first-order chi connectivity index (χ1) is 9.22. The highest BCUT2D eigenvalue weighted by molar-refractivity contribution is 5.63. The summed E-state index contributed by atoms with van der Waals surface area (Å²) in [4.78, 5) is 6.34. The number of hydrogen-bond acceptors (Lipinski definition) is 4. The maximum atomic E-state index is 5.33. The lowest BCUT2D eigenvalue weighted by atomic mass is 10.1. The van der Waals surface area contributed by atoms with Gasteiger partial charge < -0.3 is 14.6 Å². The molecule has 2 aromatic rings. The van der Waals surface area contributed by atoms with Crippen molar-refractivity contribution in [3.63, 3.8) is 0 Å². The Balaban J connectivity index is 1.74. The predicted molar refractivity (Wildman–Crippen MR) is 76.1 cm³/mol. The number of aromatic nitrogens is 1. The average molecular weight is 257 g/mol. The van der Waals surface area contributed by atoms with Crippen LogP contribution in [0.4, 0.5) is 5.69 Å². The van der Waals surface area contributed by atoms with Gasteiger partial charge in [-0.2, -0.15) is 0 Å². The summed E-state index contributed by atoms with van der Waals surface area (Å²) in [5, 5.41) is 3.60. The fourth-order valence-corrected chi connectivity index (χ4v) is 2.65. The molecular weight excluding hydrogens is 238 g/mol. The summed E-state index contributed by atoms with van der Waals surface area (Å²) in [6.07, 6.45) is 4.39. The number of nitrogens with zero attached hydrogens (tertiary/aromatic N) is 2. The van der Waals surface area contributed by atoms with Crippen molar-refractivity contribution in [3.8, 4) is 11.3 Å². The van der Waals surface area contributed by atoms with E-state index in [1.165, 1.54) is 12.8 Å². The lowest BCUT2D eigenvalue weighted by molar-refractivity contribution is 0.330. The first-order valence-corrected chi connectivity index (χ1v) is 6.68. The molecule has 2 unspecified atom stereocenters. The minimum Gasteiger partial charge on any atom is -0.444 e. The molecule has 1 aromatic carbocycles. The normalized spacial score (nSPS) is 23.7. The van der Waals surface area contributed by atoms with Crippen LogP contribution in [0.1, 0.15) is 13.3 Å². The van der Waals surface area contributed by atoms with Gasteiger partial charge in [-0.25, -0.2) is 4.98 Å². The van der Waals surface area contributed by atoms with Gasteiger partial charge in [0.1, 0.15) is 0 Å². The van der Waals surface area contributed by atoms with E-state index in [1.54, 1.807) is 6.20 Å². The molecule has 1 aliphatic heterocycles. The molecule has 100 valence electrons. The summed E-state index contributed by atoms with van der Waals surface area (Å²) in [6.45, 7) is 3.36. The van der Waals surface area contributed by atoms with Crippen LogP contribution in [0.2, 0.25) is 0 Å². The summed E-state index contributed by atoms with van der Waals surface area (Å²) in [5.41, 5.74) is 2.20. The minimum absolute atomic E-state index is 0.518. The first kappa shape index (κ1) is 12.2. The van der Waals surface area contributed by atoms with E-state index in [2.05, 4.69) is 41.3 Å². The van der Waals surface area contributed by atoms with Gasteiger partial charge in [0.25, 0.3) is 0 Å². The number of hydrogen-bond donors (Lipinski definition) is 1. The standard InChI is InChI=1S/C15H19N3O/c1-11-6-14(9-18(11)2)17-13-5-3-4-12(7-13)15-8-16-10-19-15/h3-5,7-8,10-11,14,17H,6,9H2,1-2H3. The molecule has 4 nitrogen and oxygen atoms in total. The number of oxazole rings is 1. The zero-order chi connectivity index (χ0) is 13.2. The Bertz CT molecular complexity index is 528. The van der Waals surface area contributed by atoms with Crippen LogP contribution in [0.3, 0.4) is 0 Å². The molecule has 4 heteroatoms. The Morgan fingerprint density at radius 2 is 2.32 bits per heavy atom. The molecule has 0 saturated carbocycles. The highest BCUT2D eigenvalue weighted by atomic mass is 16.3. The van der Waals surface area contributed by atoms with Gasteiger partial charge in [0, 0.05) is 29.9 Å². The molecule has 0 amide bonds. The van der Waals surface area contributed by atoms with E-state index < -0.39 is 0 Å². The molecule has 1 aromatic heterocycles. The zero-order valence-corrected chi connectivity index (χ0v) is 11.3. The van der Waals surface area contributed by atoms with Gasteiger partial charge in [-0.15, -0.1) is 0 Å². The third-order valence-corrected chi connectivity index (χ3v) is 3.84. The summed E-state index contributed by atoms with van der Waals surface area (Å²) in [6, 6.07) is 9.46. The topological polar surface area (TPSA) is 41.3 Å². The van der Waals surface area contributed by atoms with Crippen LogP contribution in [0.25, 0.3) is 11.3 Å². The van der Waals surface area contributed by atoms with Crippen molar-refractivity contribution >= 4 is 5.69 Å². The fourth-order valence-electron chi connectivity index (χ4n) is 2.65. The lowest BCUT2D eigenvalue weighted by Crippen LogP contribution is -2.24. The molecule has 1 saturated heterocycles. The second-order valence-corrected chi connectivity index (χ2v) is 5.31. The summed E-state index contributed by atoms with van der Waals surface area (Å²) in [5.74, 6) is 0.806. The summed E-state index contributed by atoms with van der Waals surface area (Å²) < 4.78 is 5.33. The van der Waals surface area contributed by atoms with E-state index in [-0.39, 0.29) is 0 Å². The molecular formula is C15H19N3O. The van der Waals surface area contributed by atoms with Crippen molar-refractivity contribution in [3.05, 3.63) is 36.9 Å².